The number of hydrogen-bond acceptors (Lipinski definition) is 5. The highest BCUT2D eigenvalue weighted by Crippen LogP contribution is 2.32. The molecule has 2 heterocycles. The zero-order chi connectivity index (χ0) is 28.6. The third kappa shape index (κ3) is 6.36. The molecule has 1 aromatic heterocycles. The van der Waals surface area contributed by atoms with Gasteiger partial charge in [0.15, 0.2) is 0 Å². The average Bonchev–Trinajstić information content (AvgIpc) is 3.38. The first-order valence-corrected chi connectivity index (χ1v) is 12.8. The Morgan fingerprint density at radius 1 is 0.949 bits per heavy atom. The molecule has 0 saturated carbocycles. The number of aromatic nitrogens is 2. The summed E-state index contributed by atoms with van der Waals surface area (Å²) < 4.78 is 119. The van der Waals surface area contributed by atoms with Gasteiger partial charge in [-0.2, -0.15) is 30.6 Å². The van der Waals surface area contributed by atoms with Crippen LogP contribution in [0.1, 0.15) is 29.9 Å². The van der Waals surface area contributed by atoms with Crippen molar-refractivity contribution in [2.75, 3.05) is 6.54 Å². The molecule has 0 bridgehead atoms. The van der Waals surface area contributed by atoms with Crippen LogP contribution in [0.15, 0.2) is 59.5 Å². The number of amides is 1. The SMILES string of the molecule is O=C(NCc1cc(-c2ccc(C(F)(F)F)cc2)nc(C(F)(F)F)n1)[C@@H]1CCCN1S(=O)(=O)c1ccc(F)cc1. The monoisotopic (exact) mass is 576 g/mol. The molecular weight excluding hydrogens is 557 g/mol. The van der Waals surface area contributed by atoms with Gasteiger partial charge in [0.2, 0.25) is 21.8 Å². The molecule has 39 heavy (non-hydrogen) atoms. The number of carbonyl (C=O) groups excluding carboxylic acids is 1. The second kappa shape index (κ2) is 10.5. The van der Waals surface area contributed by atoms with Gasteiger partial charge in [0.05, 0.1) is 28.4 Å². The summed E-state index contributed by atoms with van der Waals surface area (Å²) in [5.74, 6) is -3.00. The third-order valence-electron chi connectivity index (χ3n) is 5.91. The molecule has 0 aliphatic carbocycles. The average molecular weight is 576 g/mol. The fourth-order valence-corrected chi connectivity index (χ4v) is 5.68. The van der Waals surface area contributed by atoms with Crippen LogP contribution in [-0.2, 0) is 33.7 Å². The van der Waals surface area contributed by atoms with Gasteiger partial charge in [-0.25, -0.2) is 22.8 Å². The molecule has 0 unspecified atom stereocenters. The van der Waals surface area contributed by atoms with Gasteiger partial charge in [-0.05, 0) is 55.3 Å². The number of alkyl halides is 6. The lowest BCUT2D eigenvalue weighted by Gasteiger charge is -2.23. The second-order valence-electron chi connectivity index (χ2n) is 8.59. The Bertz CT molecular complexity index is 1460. The topological polar surface area (TPSA) is 92.3 Å². The summed E-state index contributed by atoms with van der Waals surface area (Å²) in [5, 5.41) is 2.38. The molecule has 15 heteroatoms. The summed E-state index contributed by atoms with van der Waals surface area (Å²) >= 11 is 0. The number of rotatable bonds is 6. The number of nitrogens with one attached hydrogen (secondary N) is 1. The number of sulfonamides is 1. The van der Waals surface area contributed by atoms with Crippen LogP contribution in [0.2, 0.25) is 0 Å². The van der Waals surface area contributed by atoms with E-state index in [0.29, 0.717) is 18.6 Å². The molecule has 2 aromatic carbocycles. The first-order chi connectivity index (χ1) is 18.2. The molecular formula is C24H19F7N4O3S. The normalized spacial score (nSPS) is 16.8. The Balaban J connectivity index is 1.55. The van der Waals surface area contributed by atoms with Crippen molar-refractivity contribution in [1.29, 1.82) is 0 Å². The zero-order valence-corrected chi connectivity index (χ0v) is 20.5. The molecule has 1 N–H and O–H groups in total. The van der Waals surface area contributed by atoms with E-state index >= 15 is 0 Å². The van der Waals surface area contributed by atoms with Crippen LogP contribution in [-0.4, -0.2) is 41.2 Å². The minimum Gasteiger partial charge on any atom is -0.349 e. The van der Waals surface area contributed by atoms with Gasteiger partial charge >= 0.3 is 12.4 Å². The van der Waals surface area contributed by atoms with Crippen molar-refractivity contribution in [3.05, 3.63) is 77.5 Å². The molecule has 1 aliphatic rings. The standard InChI is InChI=1S/C24H19F7N4O3S/c25-16-7-9-18(10-8-16)39(37,38)35-11-1-2-20(35)21(36)32-13-17-12-19(34-22(33-17)24(29,30)31)14-3-5-15(6-4-14)23(26,27)28/h3-10,12,20H,1-2,11,13H2,(H,32,36)/t20-/m0/s1. The van der Waals surface area contributed by atoms with Gasteiger partial charge in [-0.15, -0.1) is 0 Å². The van der Waals surface area contributed by atoms with E-state index in [4.69, 9.17) is 0 Å². The van der Waals surface area contributed by atoms with Gasteiger partial charge in [-0.1, -0.05) is 12.1 Å². The molecule has 1 amide bonds. The van der Waals surface area contributed by atoms with E-state index in [1.165, 1.54) is 0 Å². The third-order valence-corrected chi connectivity index (χ3v) is 7.83. The molecule has 0 radical (unpaired) electrons. The molecule has 3 aromatic rings. The van der Waals surface area contributed by atoms with Crippen molar-refractivity contribution < 1.29 is 43.9 Å². The minimum atomic E-state index is -4.99. The van der Waals surface area contributed by atoms with Crippen molar-refractivity contribution in [2.45, 2.75) is 42.7 Å². The molecule has 1 atom stereocenters. The number of hydrogen-bond donors (Lipinski definition) is 1. The van der Waals surface area contributed by atoms with Crippen LogP contribution in [0.25, 0.3) is 11.3 Å². The number of halogens is 7. The highest BCUT2D eigenvalue weighted by molar-refractivity contribution is 7.89. The minimum absolute atomic E-state index is 0.00158. The van der Waals surface area contributed by atoms with Gasteiger partial charge in [0.25, 0.3) is 0 Å². The van der Waals surface area contributed by atoms with Crippen LogP contribution in [0.5, 0.6) is 0 Å². The van der Waals surface area contributed by atoms with Crippen molar-refractivity contribution in [1.82, 2.24) is 19.6 Å². The molecule has 4 rings (SSSR count). The van der Waals surface area contributed by atoms with Gasteiger partial charge < -0.3 is 5.32 Å². The van der Waals surface area contributed by atoms with E-state index in [-0.39, 0.29) is 34.8 Å². The van der Waals surface area contributed by atoms with Gasteiger partial charge in [-0.3, -0.25) is 4.79 Å². The maximum Gasteiger partial charge on any atom is 0.451 e. The van der Waals surface area contributed by atoms with Gasteiger partial charge in [0.1, 0.15) is 11.9 Å². The first-order valence-electron chi connectivity index (χ1n) is 11.3. The summed E-state index contributed by atoms with van der Waals surface area (Å²) in [6.07, 6.45) is -9.16. The largest absolute Gasteiger partial charge is 0.451 e. The summed E-state index contributed by atoms with van der Waals surface area (Å²) in [6, 6.07) is 7.26. The van der Waals surface area contributed by atoms with Crippen LogP contribution < -0.4 is 5.32 Å². The predicted molar refractivity (Wildman–Crippen MR) is 123 cm³/mol. The van der Waals surface area contributed by atoms with Crippen LogP contribution >= 0.6 is 0 Å². The summed E-state index contributed by atoms with van der Waals surface area (Å²) in [7, 11) is -4.16. The lowest BCUT2D eigenvalue weighted by atomic mass is 10.1. The van der Waals surface area contributed by atoms with E-state index in [0.717, 1.165) is 46.8 Å². The Kier molecular flexibility index (Phi) is 7.67. The highest BCUT2D eigenvalue weighted by atomic mass is 32.2. The van der Waals surface area contributed by atoms with Gasteiger partial charge in [0, 0.05) is 12.1 Å². The van der Waals surface area contributed by atoms with Crippen molar-refractivity contribution in [3.63, 3.8) is 0 Å². The van der Waals surface area contributed by atoms with E-state index in [1.807, 2.05) is 0 Å². The van der Waals surface area contributed by atoms with Crippen molar-refractivity contribution >= 4 is 15.9 Å². The molecule has 1 aliphatic heterocycles. The predicted octanol–water partition coefficient (Wildman–Crippen LogP) is 4.79. The Labute approximate surface area is 217 Å². The Hall–Kier alpha value is -3.59. The van der Waals surface area contributed by atoms with Crippen molar-refractivity contribution in [3.8, 4) is 11.3 Å². The maximum atomic E-state index is 13.4. The zero-order valence-electron chi connectivity index (χ0n) is 19.7. The molecule has 7 nitrogen and oxygen atoms in total. The van der Waals surface area contributed by atoms with E-state index in [2.05, 4.69) is 15.3 Å². The van der Waals surface area contributed by atoms with Crippen LogP contribution in [0, 0.1) is 5.82 Å². The lowest BCUT2D eigenvalue weighted by Crippen LogP contribution is -2.45. The van der Waals surface area contributed by atoms with E-state index in [1.54, 1.807) is 0 Å². The summed E-state index contributed by atoms with van der Waals surface area (Å²) in [4.78, 5) is 19.5. The number of nitrogens with zero attached hydrogens (tertiary/aromatic N) is 3. The quantitative estimate of drug-likeness (QED) is 0.426. The lowest BCUT2D eigenvalue weighted by molar-refractivity contribution is -0.145. The van der Waals surface area contributed by atoms with Crippen LogP contribution in [0.3, 0.4) is 0 Å². The fraction of sp³-hybridized carbons (Fsp3) is 0.292. The van der Waals surface area contributed by atoms with E-state index in [9.17, 15) is 43.9 Å². The molecule has 1 saturated heterocycles. The smallest absolute Gasteiger partial charge is 0.349 e. The molecule has 0 spiro atoms. The first kappa shape index (κ1) is 28.4. The summed E-state index contributed by atoms with van der Waals surface area (Å²) in [6.45, 7) is -0.541. The maximum absolute atomic E-state index is 13.4. The fourth-order valence-electron chi connectivity index (χ4n) is 4.02. The van der Waals surface area contributed by atoms with E-state index < -0.39 is 58.1 Å². The number of benzene rings is 2. The highest BCUT2D eigenvalue weighted by Gasteiger charge is 2.40. The van der Waals surface area contributed by atoms with Crippen molar-refractivity contribution in [2.24, 2.45) is 0 Å². The second-order valence-corrected chi connectivity index (χ2v) is 10.5. The molecule has 208 valence electrons. The number of carbonyl (C=O) groups is 1. The Morgan fingerprint density at radius 3 is 2.18 bits per heavy atom. The Morgan fingerprint density at radius 2 is 1.59 bits per heavy atom. The molecule has 1 fully saturated rings. The van der Waals surface area contributed by atoms with Crippen LogP contribution in [0.4, 0.5) is 30.7 Å². The summed E-state index contributed by atoms with van der Waals surface area (Å²) in [5.41, 5.74) is -1.67.